The summed E-state index contributed by atoms with van der Waals surface area (Å²) in [6.07, 6.45) is 36.4. The Hall–Kier alpha value is -0.141. The van der Waals surface area contributed by atoms with Crippen LogP contribution < -0.4 is 0 Å². The molecule has 5 rings (SSSR count). The van der Waals surface area contributed by atoms with Crippen molar-refractivity contribution in [2.45, 2.75) is 6.92 Å². The van der Waals surface area contributed by atoms with E-state index in [1.54, 1.807) is 6.92 Å². The van der Waals surface area contributed by atoms with E-state index in [0.29, 0.717) is 16.7 Å². The minimum Gasteiger partial charge on any atom is -0.290 e. The van der Waals surface area contributed by atoms with Gasteiger partial charge in [-0.1, -0.05) is 0 Å². The molecular weight excluding hydrogens is 468 g/mol. The summed E-state index contributed by atoms with van der Waals surface area (Å²) in [5.74, 6) is 1.45. The predicted octanol–water partition coefficient (Wildman–Crippen LogP) is 4.23. The SMILES string of the molecule is CC1=CC(=O)C([C]2[CH][CH][CH][CH]2)=C([C]2[CH][CH][CH][CH]2)C1=O.[CH]1[CH][CH][CH][CH]1.[CH]1[CH][CH][CH][CH]1.[Fe+2].[Fe+2]. The molecule has 0 N–H and O–H groups in total. The number of hydrogen-bond donors (Lipinski definition) is 0. The van der Waals surface area contributed by atoms with Crippen molar-refractivity contribution in [3.05, 3.63) is 150 Å². The quantitative estimate of drug-likeness (QED) is 0.429. The number of allylic oxidation sites excluding steroid dienone is 4. The van der Waals surface area contributed by atoms with E-state index in [-0.39, 0.29) is 45.7 Å². The van der Waals surface area contributed by atoms with Crippen molar-refractivity contribution in [1.82, 2.24) is 0 Å². The van der Waals surface area contributed by atoms with E-state index in [4.69, 9.17) is 0 Å². The molecule has 0 unspecified atom stereocenters. The molecule has 0 spiro atoms. The summed E-state index contributed by atoms with van der Waals surface area (Å²) >= 11 is 0. The maximum Gasteiger partial charge on any atom is 2.00 e. The van der Waals surface area contributed by atoms with Crippen LogP contribution in [-0.2, 0) is 43.7 Å². The zero-order valence-corrected chi connectivity index (χ0v) is 19.2. The normalized spacial score (nSPS) is 24.0. The van der Waals surface area contributed by atoms with Gasteiger partial charge in [-0.15, -0.1) is 0 Å². The average Bonchev–Trinajstić information content (AvgIpc) is 3.56. The number of Topliss-reactive ketones (excluding diaryl/α,β-unsaturated/α-hetero) is 1. The van der Waals surface area contributed by atoms with Gasteiger partial charge in [-0.25, -0.2) is 0 Å². The monoisotopic (exact) mass is 490 g/mol. The van der Waals surface area contributed by atoms with E-state index in [1.807, 2.05) is 116 Å². The van der Waals surface area contributed by atoms with Crippen molar-refractivity contribution in [3.63, 3.8) is 0 Å². The zero-order valence-electron chi connectivity index (χ0n) is 17.0. The van der Waals surface area contributed by atoms with E-state index in [1.165, 1.54) is 6.08 Å². The van der Waals surface area contributed by atoms with Gasteiger partial charge in [0.25, 0.3) is 0 Å². The van der Waals surface area contributed by atoms with Crippen LogP contribution in [0.3, 0.4) is 0 Å². The van der Waals surface area contributed by atoms with Gasteiger partial charge in [0, 0.05) is 28.6 Å². The Morgan fingerprint density at radius 3 is 1.16 bits per heavy atom. The fourth-order valence-electron chi connectivity index (χ4n) is 3.05. The van der Waals surface area contributed by atoms with Crippen molar-refractivity contribution in [2.75, 3.05) is 0 Å². The standard InChI is InChI=1S/C17H12O2.2C5H5.2Fe/c1-11-10-14(18)15(12-6-2-3-7-12)16(17(11)19)13-8-4-5-9-13;2*1-2-4-5-3-1;;/h2-10H,1H3;2*1-5H;;/q;;;2*+2. The first-order valence-electron chi connectivity index (χ1n) is 9.47. The third-order valence-electron chi connectivity index (χ3n) is 4.44. The summed E-state index contributed by atoms with van der Waals surface area (Å²) in [6, 6.07) is 0. The molecule has 0 amide bonds. The van der Waals surface area contributed by atoms with Crippen molar-refractivity contribution < 1.29 is 43.7 Å². The summed E-state index contributed by atoms with van der Waals surface area (Å²) in [7, 11) is 0. The summed E-state index contributed by atoms with van der Waals surface area (Å²) in [4.78, 5) is 24.7. The van der Waals surface area contributed by atoms with E-state index in [0.717, 1.165) is 11.8 Å². The molecule has 0 atom stereocenters. The van der Waals surface area contributed by atoms with Crippen LogP contribution >= 0.6 is 0 Å². The molecule has 0 aromatic heterocycles. The Bertz CT molecular complexity index is 590. The van der Waals surface area contributed by atoms with Gasteiger partial charge in [0.05, 0.1) is 0 Å². The first kappa shape index (κ1) is 28.9. The minimum absolute atomic E-state index is 0. The summed E-state index contributed by atoms with van der Waals surface area (Å²) in [5, 5.41) is 0. The van der Waals surface area contributed by atoms with Crippen LogP contribution in [0.4, 0.5) is 0 Å². The van der Waals surface area contributed by atoms with E-state index in [9.17, 15) is 9.59 Å². The van der Waals surface area contributed by atoms with Crippen LogP contribution in [0.5, 0.6) is 0 Å². The maximum atomic E-state index is 12.4. The Morgan fingerprint density at radius 2 is 0.806 bits per heavy atom. The average molecular weight is 490 g/mol. The number of carbonyl (C=O) groups is 2. The summed E-state index contributed by atoms with van der Waals surface area (Å²) in [5.41, 5.74) is 1.52. The number of rotatable bonds is 2. The molecule has 0 aromatic rings. The topological polar surface area (TPSA) is 34.1 Å². The molecule has 0 aromatic carbocycles. The summed E-state index contributed by atoms with van der Waals surface area (Å²) in [6.45, 7) is 1.69. The van der Waals surface area contributed by atoms with Gasteiger partial charge >= 0.3 is 34.1 Å². The predicted molar refractivity (Wildman–Crippen MR) is 115 cm³/mol. The first-order valence-corrected chi connectivity index (χ1v) is 9.47. The number of hydrogen-bond acceptors (Lipinski definition) is 2. The van der Waals surface area contributed by atoms with Crippen LogP contribution in [-0.4, -0.2) is 11.6 Å². The van der Waals surface area contributed by atoms with E-state index < -0.39 is 0 Å². The maximum absolute atomic E-state index is 12.4. The van der Waals surface area contributed by atoms with Crippen molar-refractivity contribution in [1.29, 1.82) is 0 Å². The van der Waals surface area contributed by atoms with Crippen LogP contribution in [0.25, 0.3) is 0 Å². The van der Waals surface area contributed by atoms with E-state index >= 15 is 0 Å². The van der Waals surface area contributed by atoms with Crippen molar-refractivity contribution >= 4 is 11.6 Å². The second-order valence-corrected chi connectivity index (χ2v) is 6.54. The second-order valence-electron chi connectivity index (χ2n) is 6.54. The molecule has 20 radical (unpaired) electrons. The fraction of sp³-hybridized carbons (Fsp3) is 0.0370. The second kappa shape index (κ2) is 15.7. The molecule has 2 nitrogen and oxygen atoms in total. The molecule has 0 aliphatic heterocycles. The van der Waals surface area contributed by atoms with Crippen molar-refractivity contribution in [3.8, 4) is 0 Å². The largest absolute Gasteiger partial charge is 2.00 e. The number of carbonyl (C=O) groups excluding carboxylic acids is 2. The molecule has 4 fully saturated rings. The van der Waals surface area contributed by atoms with Crippen LogP contribution in [0.2, 0.25) is 0 Å². The third-order valence-corrected chi connectivity index (χ3v) is 4.44. The molecule has 5 aliphatic carbocycles. The number of ketones is 2. The van der Waals surface area contributed by atoms with Gasteiger partial charge in [0.15, 0.2) is 11.6 Å². The van der Waals surface area contributed by atoms with Crippen LogP contribution in [0, 0.1) is 127 Å². The Morgan fingerprint density at radius 1 is 0.484 bits per heavy atom. The van der Waals surface area contributed by atoms with Gasteiger partial charge in [0.2, 0.25) is 0 Å². The fourth-order valence-corrected chi connectivity index (χ4v) is 3.05. The molecule has 4 heteroatoms. The molecule has 31 heavy (non-hydrogen) atoms. The first-order chi connectivity index (χ1) is 14.2. The Labute approximate surface area is 211 Å². The summed E-state index contributed by atoms with van der Waals surface area (Å²) < 4.78 is 0. The molecule has 5 aliphatic rings. The molecule has 0 bridgehead atoms. The zero-order chi connectivity index (χ0) is 20.5. The molecule has 0 heterocycles. The van der Waals surface area contributed by atoms with Gasteiger partial charge in [0.1, 0.15) is 0 Å². The minimum atomic E-state index is -0.0977. The Balaban J connectivity index is 0.000000331. The van der Waals surface area contributed by atoms with Crippen molar-refractivity contribution in [2.24, 2.45) is 0 Å². The molecule has 0 saturated heterocycles. The van der Waals surface area contributed by atoms with Crippen LogP contribution in [0.15, 0.2) is 22.8 Å². The van der Waals surface area contributed by atoms with Gasteiger partial charge < -0.3 is 0 Å². The smallest absolute Gasteiger partial charge is 0.290 e. The molecular formula is C27H22Fe2O2+4. The van der Waals surface area contributed by atoms with E-state index in [2.05, 4.69) is 0 Å². The van der Waals surface area contributed by atoms with Gasteiger partial charge in [-0.05, 0) is 129 Å². The van der Waals surface area contributed by atoms with Gasteiger partial charge in [-0.2, -0.15) is 0 Å². The van der Waals surface area contributed by atoms with Crippen LogP contribution in [0.1, 0.15) is 6.92 Å². The Kier molecular flexibility index (Phi) is 14.6. The molecule has 154 valence electrons. The van der Waals surface area contributed by atoms with Gasteiger partial charge in [-0.3, -0.25) is 9.59 Å². The third kappa shape index (κ3) is 8.62. The molecule has 4 saturated carbocycles.